The van der Waals surface area contributed by atoms with Gasteiger partial charge in [0.25, 0.3) is 0 Å². The molecule has 1 nitrogen and oxygen atoms in total. The van der Waals surface area contributed by atoms with Crippen molar-refractivity contribution in [2.75, 3.05) is 6.54 Å². The van der Waals surface area contributed by atoms with Gasteiger partial charge in [-0.25, -0.2) is 0 Å². The van der Waals surface area contributed by atoms with Crippen molar-refractivity contribution in [1.82, 2.24) is 0 Å². The van der Waals surface area contributed by atoms with E-state index in [-0.39, 0.29) is 12.4 Å². The van der Waals surface area contributed by atoms with E-state index in [1.165, 1.54) is 0 Å². The maximum Gasteiger partial charge on any atom is 0.400 e. The van der Waals surface area contributed by atoms with Gasteiger partial charge in [-0.05, 0) is 0 Å². The van der Waals surface area contributed by atoms with Gasteiger partial charge in [0.15, 0.2) is 0 Å². The molecule has 0 saturated heterocycles. The molecule has 7 heavy (non-hydrogen) atoms. The molecule has 0 rings (SSSR count). The highest BCUT2D eigenvalue weighted by Gasteiger charge is 2.23. The summed E-state index contributed by atoms with van der Waals surface area (Å²) in [7, 11) is 0. The third kappa shape index (κ3) is 10.7. The maximum absolute atomic E-state index is 10.7. The Labute approximate surface area is 45.1 Å². The molecule has 0 fully saturated rings. The number of rotatable bonds is 0. The summed E-state index contributed by atoms with van der Waals surface area (Å²) in [5.74, 6) is 0. The first-order valence-corrected chi connectivity index (χ1v) is 1.33. The summed E-state index contributed by atoms with van der Waals surface area (Å²) in [5, 5.41) is 0. The standard InChI is InChI=1S/C2H4F3N.ClH/c3-2(4,5)1-6;/h1,6H2;1H/p-1. The zero-order chi connectivity index (χ0) is 5.21. The van der Waals surface area contributed by atoms with Crippen LogP contribution in [0.4, 0.5) is 13.2 Å². The smallest absolute Gasteiger partial charge is 0.400 e. The van der Waals surface area contributed by atoms with Crippen LogP contribution in [0.15, 0.2) is 0 Å². The van der Waals surface area contributed by atoms with Gasteiger partial charge >= 0.3 is 6.18 Å². The molecule has 0 amide bonds. The van der Waals surface area contributed by atoms with Gasteiger partial charge in [0, 0.05) is 0 Å². The van der Waals surface area contributed by atoms with Crippen LogP contribution in [0, 0.1) is 0 Å². The molecule has 0 aromatic heterocycles. The number of hydrogen-bond donors (Lipinski definition) is 1. The molecule has 0 aromatic rings. The van der Waals surface area contributed by atoms with Gasteiger partial charge in [-0.1, -0.05) is 0 Å². The predicted octanol–water partition coefficient (Wildman–Crippen LogP) is -2.49. The summed E-state index contributed by atoms with van der Waals surface area (Å²) in [4.78, 5) is 0. The van der Waals surface area contributed by atoms with E-state index >= 15 is 0 Å². The Kier molecular flexibility index (Phi) is 4.47. The van der Waals surface area contributed by atoms with E-state index in [1.807, 2.05) is 0 Å². The van der Waals surface area contributed by atoms with Crippen molar-refractivity contribution in [2.24, 2.45) is 5.73 Å². The molecule has 0 aliphatic heterocycles. The van der Waals surface area contributed by atoms with Crippen molar-refractivity contribution in [2.45, 2.75) is 6.18 Å². The van der Waals surface area contributed by atoms with Crippen LogP contribution in [0.2, 0.25) is 0 Å². The Hall–Kier alpha value is 0.0400. The van der Waals surface area contributed by atoms with Gasteiger partial charge in [0.2, 0.25) is 0 Å². The van der Waals surface area contributed by atoms with Crippen LogP contribution < -0.4 is 18.1 Å². The molecular formula is C2H4ClF3N-. The number of alkyl halides is 3. The SMILES string of the molecule is NCC(F)(F)F.[Cl-]. The molecule has 0 atom stereocenters. The van der Waals surface area contributed by atoms with E-state index in [4.69, 9.17) is 0 Å². The van der Waals surface area contributed by atoms with E-state index in [0.717, 1.165) is 0 Å². The van der Waals surface area contributed by atoms with Gasteiger partial charge in [0.1, 0.15) is 0 Å². The molecule has 0 aliphatic carbocycles. The monoisotopic (exact) mass is 134 g/mol. The number of nitrogens with two attached hydrogens (primary N) is 1. The molecular weight excluding hydrogens is 130 g/mol. The summed E-state index contributed by atoms with van der Waals surface area (Å²) >= 11 is 0. The third-order valence-corrected chi connectivity index (χ3v) is 0.231. The topological polar surface area (TPSA) is 26.0 Å². The van der Waals surface area contributed by atoms with Crippen molar-refractivity contribution >= 4 is 0 Å². The number of halogens is 4. The molecule has 0 aliphatic rings. The van der Waals surface area contributed by atoms with Gasteiger partial charge in [-0.15, -0.1) is 0 Å². The summed E-state index contributed by atoms with van der Waals surface area (Å²) < 4.78 is 32.0. The van der Waals surface area contributed by atoms with Crippen molar-refractivity contribution in [3.05, 3.63) is 0 Å². The molecule has 0 spiro atoms. The van der Waals surface area contributed by atoms with Crippen LogP contribution in [0.25, 0.3) is 0 Å². The quantitative estimate of drug-likeness (QED) is 0.390. The van der Waals surface area contributed by atoms with Gasteiger partial charge in [0.05, 0.1) is 6.54 Å². The van der Waals surface area contributed by atoms with Gasteiger partial charge in [-0.2, -0.15) is 13.2 Å². The second kappa shape index (κ2) is 3.10. The molecule has 0 bridgehead atoms. The largest absolute Gasteiger partial charge is 1.00 e. The van der Waals surface area contributed by atoms with E-state index in [2.05, 4.69) is 5.73 Å². The summed E-state index contributed by atoms with van der Waals surface area (Å²) in [6.07, 6.45) is -4.18. The summed E-state index contributed by atoms with van der Waals surface area (Å²) in [6.45, 7) is -1.23. The normalized spacial score (nSPS) is 10.3. The van der Waals surface area contributed by atoms with Crippen LogP contribution in [-0.2, 0) is 0 Å². The zero-order valence-corrected chi connectivity index (χ0v) is 4.05. The van der Waals surface area contributed by atoms with Crippen LogP contribution in [-0.4, -0.2) is 12.7 Å². The van der Waals surface area contributed by atoms with Crippen molar-refractivity contribution in [3.8, 4) is 0 Å². The Morgan fingerprint density at radius 1 is 1.29 bits per heavy atom. The average Bonchev–Trinajstić information content (AvgIpc) is 1.35. The molecule has 46 valence electrons. The van der Waals surface area contributed by atoms with Crippen LogP contribution in [0.5, 0.6) is 0 Å². The second-order valence-electron chi connectivity index (χ2n) is 0.819. The molecule has 2 N–H and O–H groups in total. The number of hydrogen-bond acceptors (Lipinski definition) is 1. The molecule has 5 heteroatoms. The Morgan fingerprint density at radius 2 is 1.43 bits per heavy atom. The minimum Gasteiger partial charge on any atom is -1.00 e. The molecule has 0 saturated carbocycles. The second-order valence-corrected chi connectivity index (χ2v) is 0.819. The summed E-state index contributed by atoms with van der Waals surface area (Å²) in [5.41, 5.74) is 4.18. The van der Waals surface area contributed by atoms with Crippen LogP contribution in [0.3, 0.4) is 0 Å². The fourth-order valence-corrected chi connectivity index (χ4v) is 0. The third-order valence-electron chi connectivity index (χ3n) is 0.231. The van der Waals surface area contributed by atoms with Crippen LogP contribution in [0.1, 0.15) is 0 Å². The zero-order valence-electron chi connectivity index (χ0n) is 3.30. The fourth-order valence-electron chi connectivity index (χ4n) is 0. The predicted molar refractivity (Wildman–Crippen MR) is 15.1 cm³/mol. The lowest BCUT2D eigenvalue weighted by molar-refractivity contribution is -0.118. The molecule has 0 radical (unpaired) electrons. The van der Waals surface area contributed by atoms with E-state index in [1.54, 1.807) is 0 Å². The first kappa shape index (κ1) is 10.1. The van der Waals surface area contributed by atoms with E-state index in [9.17, 15) is 13.2 Å². The minimum absolute atomic E-state index is 0. The molecule has 0 aromatic carbocycles. The van der Waals surface area contributed by atoms with E-state index in [0.29, 0.717) is 0 Å². The fraction of sp³-hybridized carbons (Fsp3) is 1.00. The van der Waals surface area contributed by atoms with Gasteiger partial charge < -0.3 is 18.1 Å². The lowest BCUT2D eigenvalue weighted by Gasteiger charge is -1.96. The highest BCUT2D eigenvalue weighted by Crippen LogP contribution is 2.10. The molecule has 0 unspecified atom stereocenters. The molecule has 0 heterocycles. The van der Waals surface area contributed by atoms with Crippen LogP contribution >= 0.6 is 0 Å². The highest BCUT2D eigenvalue weighted by atomic mass is 35.5. The average molecular weight is 135 g/mol. The minimum atomic E-state index is -4.18. The van der Waals surface area contributed by atoms with E-state index < -0.39 is 12.7 Å². The Morgan fingerprint density at radius 3 is 1.43 bits per heavy atom. The van der Waals surface area contributed by atoms with Crippen molar-refractivity contribution < 1.29 is 25.6 Å². The highest BCUT2D eigenvalue weighted by molar-refractivity contribution is 4.44. The maximum atomic E-state index is 10.7. The first-order chi connectivity index (χ1) is 2.56. The Bertz CT molecular complexity index is 42.7. The summed E-state index contributed by atoms with van der Waals surface area (Å²) in [6, 6.07) is 0. The van der Waals surface area contributed by atoms with Gasteiger partial charge in [-0.3, -0.25) is 0 Å². The van der Waals surface area contributed by atoms with Crippen molar-refractivity contribution in [3.63, 3.8) is 0 Å². The Balaban J connectivity index is 0. The lowest BCUT2D eigenvalue weighted by Crippen LogP contribution is -3.00. The lowest BCUT2D eigenvalue weighted by atomic mass is 10.7. The van der Waals surface area contributed by atoms with Crippen molar-refractivity contribution in [1.29, 1.82) is 0 Å². The first-order valence-electron chi connectivity index (χ1n) is 1.33.